The molecular formula is C31H72O. The van der Waals surface area contributed by atoms with Crippen LogP contribution in [0.3, 0.4) is 0 Å². The molecule has 0 bridgehead atoms. The van der Waals surface area contributed by atoms with Crippen LogP contribution in [-0.4, -0.2) is 5.78 Å². The minimum absolute atomic E-state index is 0. The summed E-state index contributed by atoms with van der Waals surface area (Å²) in [7, 11) is 0. The molecule has 0 fully saturated rings. The molecule has 0 atom stereocenters. The van der Waals surface area contributed by atoms with E-state index in [2.05, 4.69) is 138 Å². The molecule has 0 aliphatic heterocycles. The summed E-state index contributed by atoms with van der Waals surface area (Å²) >= 11 is 0. The Morgan fingerprint density at radius 2 is 0.750 bits per heavy atom. The second-order valence-corrected chi connectivity index (χ2v) is 15.9. The van der Waals surface area contributed by atoms with E-state index in [0.29, 0.717) is 28.1 Å². The SMILES string of the molecule is C.CC(=O)CC(C)(C)C.CC(C)(C)C.CC(C)(C)C.CC(C)C(C)(C)C.CCC(C)(C)C. The molecule has 0 unspecified atom stereocenters. The number of hydrogen-bond donors (Lipinski definition) is 0. The van der Waals surface area contributed by atoms with Crippen LogP contribution in [0.25, 0.3) is 0 Å². The van der Waals surface area contributed by atoms with Gasteiger partial charge in [-0.1, -0.05) is 152 Å². The molecule has 202 valence electrons. The number of ketones is 1. The molecule has 0 saturated carbocycles. The van der Waals surface area contributed by atoms with Crippen LogP contribution < -0.4 is 0 Å². The van der Waals surface area contributed by atoms with Gasteiger partial charge in [0.2, 0.25) is 0 Å². The van der Waals surface area contributed by atoms with E-state index < -0.39 is 0 Å². The molecule has 1 nitrogen and oxygen atoms in total. The number of hydrogen-bond acceptors (Lipinski definition) is 1. The average molecular weight is 461 g/mol. The molecule has 0 N–H and O–H groups in total. The van der Waals surface area contributed by atoms with Crippen molar-refractivity contribution in [3.05, 3.63) is 0 Å². The molecular weight excluding hydrogens is 388 g/mol. The zero-order valence-corrected chi connectivity index (χ0v) is 26.4. The third kappa shape index (κ3) is 131. The van der Waals surface area contributed by atoms with Gasteiger partial charge in [-0.2, -0.15) is 0 Å². The van der Waals surface area contributed by atoms with Crippen LogP contribution in [0.5, 0.6) is 0 Å². The van der Waals surface area contributed by atoms with E-state index in [1.165, 1.54) is 6.42 Å². The molecule has 0 heterocycles. The molecule has 0 amide bonds. The summed E-state index contributed by atoms with van der Waals surface area (Å²) in [6.07, 6.45) is 1.96. The summed E-state index contributed by atoms with van der Waals surface area (Å²) in [5.74, 6) is 1.07. The van der Waals surface area contributed by atoms with Crippen molar-refractivity contribution in [3.8, 4) is 0 Å². The van der Waals surface area contributed by atoms with Crippen molar-refractivity contribution >= 4 is 5.78 Å². The van der Waals surface area contributed by atoms with E-state index in [1.807, 2.05) is 0 Å². The second kappa shape index (κ2) is 19.0. The maximum atomic E-state index is 10.5. The lowest BCUT2D eigenvalue weighted by Crippen LogP contribution is -2.12. The van der Waals surface area contributed by atoms with Crippen LogP contribution in [-0.2, 0) is 4.79 Å². The fourth-order valence-electron chi connectivity index (χ4n) is 0.747. The number of carbonyl (C=O) groups excluding carboxylic acids is 1. The van der Waals surface area contributed by atoms with Gasteiger partial charge < -0.3 is 4.79 Å². The van der Waals surface area contributed by atoms with Crippen molar-refractivity contribution in [3.63, 3.8) is 0 Å². The molecule has 0 rings (SSSR count). The van der Waals surface area contributed by atoms with Gasteiger partial charge in [-0.15, -0.1) is 0 Å². The highest BCUT2D eigenvalue weighted by Gasteiger charge is 2.13. The second-order valence-electron chi connectivity index (χ2n) is 15.9. The summed E-state index contributed by atoms with van der Waals surface area (Å²) < 4.78 is 0. The summed E-state index contributed by atoms with van der Waals surface area (Å²) in [4.78, 5) is 10.5. The first-order chi connectivity index (χ1) is 12.9. The fraction of sp³-hybridized carbons (Fsp3) is 0.968. The van der Waals surface area contributed by atoms with Gasteiger partial charge in [0.05, 0.1) is 0 Å². The van der Waals surface area contributed by atoms with Crippen LogP contribution in [0.2, 0.25) is 0 Å². The third-order valence-corrected chi connectivity index (χ3v) is 3.57. The zero-order chi connectivity index (χ0) is 27.1. The molecule has 0 aromatic carbocycles. The molecule has 0 aliphatic rings. The Labute approximate surface area is 209 Å². The van der Waals surface area contributed by atoms with E-state index in [-0.39, 0.29) is 18.6 Å². The molecule has 0 aromatic heterocycles. The lowest BCUT2D eigenvalue weighted by atomic mass is 9.84. The van der Waals surface area contributed by atoms with Crippen LogP contribution >= 0.6 is 0 Å². The Morgan fingerprint density at radius 1 is 0.594 bits per heavy atom. The number of carbonyl (C=O) groups is 1. The third-order valence-electron chi connectivity index (χ3n) is 3.57. The maximum absolute atomic E-state index is 10.5. The summed E-state index contributed by atoms with van der Waals surface area (Å²) in [5, 5.41) is 0. The van der Waals surface area contributed by atoms with Crippen molar-refractivity contribution in [1.82, 2.24) is 0 Å². The summed E-state index contributed by atoms with van der Waals surface area (Å²) in [6, 6.07) is 0. The van der Waals surface area contributed by atoms with Gasteiger partial charge in [0, 0.05) is 6.42 Å². The average Bonchev–Trinajstić information content (AvgIpc) is 2.30. The highest BCUT2D eigenvalue weighted by molar-refractivity contribution is 5.76. The van der Waals surface area contributed by atoms with Crippen molar-refractivity contribution in [2.45, 2.75) is 166 Å². The largest absolute Gasteiger partial charge is 0.300 e. The molecule has 0 radical (unpaired) electrons. The Kier molecular flexibility index (Phi) is 26.9. The van der Waals surface area contributed by atoms with Gasteiger partial charge in [0.25, 0.3) is 0 Å². The standard InChI is InChI=1S/C7H14O.C7H16.C6H14.2C5H12.CH4/c1-6(8)5-7(2,3)4;1-6(2)7(3,4)5;1-5-6(2,3)4;2*1-5(2,3)4;/h5H2,1-4H3;6H,1-5H3;5H2,1-4H3;2*1-4H3;1H4. The van der Waals surface area contributed by atoms with Gasteiger partial charge in [0.15, 0.2) is 0 Å². The predicted molar refractivity (Wildman–Crippen MR) is 156 cm³/mol. The Bertz CT molecular complexity index is 368. The highest BCUT2D eigenvalue weighted by atomic mass is 16.1. The minimum Gasteiger partial charge on any atom is -0.300 e. The van der Waals surface area contributed by atoms with Gasteiger partial charge in [-0.3, -0.25) is 0 Å². The maximum Gasteiger partial charge on any atom is 0.130 e. The van der Waals surface area contributed by atoms with E-state index in [4.69, 9.17) is 0 Å². The Balaban J connectivity index is -0.0000000663. The van der Waals surface area contributed by atoms with Crippen LogP contribution in [0.1, 0.15) is 166 Å². The van der Waals surface area contributed by atoms with Crippen LogP contribution in [0, 0.1) is 33.0 Å². The van der Waals surface area contributed by atoms with E-state index in [9.17, 15) is 4.79 Å². The predicted octanol–water partition coefficient (Wildman–Crippen LogP) is 11.9. The van der Waals surface area contributed by atoms with Crippen molar-refractivity contribution < 1.29 is 4.79 Å². The molecule has 32 heavy (non-hydrogen) atoms. The number of Topliss-reactive ketones (excluding diaryl/α,β-unsaturated/α-hetero) is 1. The smallest absolute Gasteiger partial charge is 0.130 e. The molecule has 0 saturated heterocycles. The Hall–Kier alpha value is -0.330. The zero-order valence-electron chi connectivity index (χ0n) is 26.4. The molecule has 0 aromatic rings. The monoisotopic (exact) mass is 461 g/mol. The molecule has 1 heteroatoms. The topological polar surface area (TPSA) is 17.1 Å². The molecule has 0 spiro atoms. The van der Waals surface area contributed by atoms with Gasteiger partial charge in [-0.25, -0.2) is 0 Å². The lowest BCUT2D eigenvalue weighted by Gasteiger charge is -2.22. The van der Waals surface area contributed by atoms with Gasteiger partial charge >= 0.3 is 0 Å². The number of rotatable bonds is 1. The highest BCUT2D eigenvalue weighted by Crippen LogP contribution is 2.23. The van der Waals surface area contributed by atoms with Crippen molar-refractivity contribution in [1.29, 1.82) is 0 Å². The first kappa shape index (κ1) is 45.2. The van der Waals surface area contributed by atoms with E-state index in [1.54, 1.807) is 6.92 Å². The normalized spacial score (nSPS) is 11.7. The fourth-order valence-corrected chi connectivity index (χ4v) is 0.747. The summed E-state index contributed by atoms with van der Waals surface area (Å²) in [5.41, 5.74) is 2.21. The van der Waals surface area contributed by atoms with Gasteiger partial charge in [-0.05, 0) is 39.9 Å². The lowest BCUT2D eigenvalue weighted by molar-refractivity contribution is -0.118. The first-order valence-electron chi connectivity index (χ1n) is 12.4. The van der Waals surface area contributed by atoms with Crippen molar-refractivity contribution in [2.75, 3.05) is 0 Å². The van der Waals surface area contributed by atoms with Crippen LogP contribution in [0.15, 0.2) is 0 Å². The molecule has 0 aliphatic carbocycles. The van der Waals surface area contributed by atoms with Crippen LogP contribution in [0.4, 0.5) is 0 Å². The van der Waals surface area contributed by atoms with Crippen molar-refractivity contribution in [2.24, 2.45) is 33.0 Å². The first-order valence-corrected chi connectivity index (χ1v) is 12.4. The minimum atomic E-state index is 0. The quantitative estimate of drug-likeness (QED) is 0.380. The van der Waals surface area contributed by atoms with E-state index >= 15 is 0 Å². The van der Waals surface area contributed by atoms with Gasteiger partial charge in [0.1, 0.15) is 5.78 Å². The van der Waals surface area contributed by atoms with E-state index in [0.717, 1.165) is 5.92 Å². The Morgan fingerprint density at radius 3 is 0.750 bits per heavy atom. The summed E-state index contributed by atoms with van der Waals surface area (Å²) in [6.45, 7) is 45.5.